The lowest BCUT2D eigenvalue weighted by molar-refractivity contribution is -0.115. The van der Waals surface area contributed by atoms with Crippen molar-refractivity contribution in [3.8, 4) is 0 Å². The first-order valence-electron chi connectivity index (χ1n) is 6.44. The zero-order chi connectivity index (χ0) is 14.8. The molecule has 0 unspecified atom stereocenters. The van der Waals surface area contributed by atoms with Crippen LogP contribution in [0.4, 0.5) is 5.69 Å². The van der Waals surface area contributed by atoms with Crippen LogP contribution in [0.3, 0.4) is 0 Å². The van der Waals surface area contributed by atoms with Gasteiger partial charge < -0.3 is 20.1 Å². The molecule has 6 heteroatoms. The number of esters is 1. The first-order chi connectivity index (χ1) is 9.69. The fourth-order valence-corrected chi connectivity index (χ4v) is 1.55. The summed E-state index contributed by atoms with van der Waals surface area (Å²) in [5.74, 6) is -0.673. The van der Waals surface area contributed by atoms with Crippen LogP contribution in [0.5, 0.6) is 0 Å². The molecule has 0 saturated heterocycles. The van der Waals surface area contributed by atoms with Crippen molar-refractivity contribution in [2.75, 3.05) is 38.7 Å². The molecule has 0 aliphatic rings. The Kier molecular flexibility index (Phi) is 7.31. The number of methoxy groups -OCH3 is 1. The Hall–Kier alpha value is -1.92. The lowest BCUT2D eigenvalue weighted by Gasteiger charge is -2.10. The maximum absolute atomic E-state index is 11.7. The van der Waals surface area contributed by atoms with E-state index in [0.29, 0.717) is 31.0 Å². The first-order valence-corrected chi connectivity index (χ1v) is 6.44. The van der Waals surface area contributed by atoms with Crippen molar-refractivity contribution in [1.82, 2.24) is 5.32 Å². The van der Waals surface area contributed by atoms with Gasteiger partial charge in [0, 0.05) is 13.7 Å². The molecule has 1 rings (SSSR count). The maximum Gasteiger partial charge on any atom is 0.340 e. The molecule has 0 aliphatic carbocycles. The van der Waals surface area contributed by atoms with Crippen molar-refractivity contribution < 1.29 is 19.1 Å². The lowest BCUT2D eigenvalue weighted by atomic mass is 10.2. The monoisotopic (exact) mass is 280 g/mol. The number of anilines is 1. The molecule has 20 heavy (non-hydrogen) atoms. The first kappa shape index (κ1) is 16.1. The van der Waals surface area contributed by atoms with Crippen LogP contribution in [0.15, 0.2) is 24.3 Å². The molecule has 0 fully saturated rings. The van der Waals surface area contributed by atoms with Crippen LogP contribution < -0.4 is 10.6 Å². The molecular weight excluding hydrogens is 260 g/mol. The molecular formula is C14H20N2O4. The number of ether oxygens (including phenoxy) is 2. The molecule has 0 atom stereocenters. The van der Waals surface area contributed by atoms with Crippen molar-refractivity contribution in [2.45, 2.75) is 6.92 Å². The SMILES string of the molecule is CCOC(=O)c1ccccc1NC(=O)CNCCOC. The molecule has 1 aromatic carbocycles. The average Bonchev–Trinajstić information content (AvgIpc) is 2.44. The molecule has 2 N–H and O–H groups in total. The van der Waals surface area contributed by atoms with Gasteiger partial charge in [-0.3, -0.25) is 4.79 Å². The predicted octanol–water partition coefficient (Wildman–Crippen LogP) is 1.04. The Bertz CT molecular complexity index is 449. The van der Waals surface area contributed by atoms with E-state index in [4.69, 9.17) is 9.47 Å². The molecule has 0 spiro atoms. The summed E-state index contributed by atoms with van der Waals surface area (Å²) in [5.41, 5.74) is 0.795. The van der Waals surface area contributed by atoms with Gasteiger partial charge in [-0.2, -0.15) is 0 Å². The van der Waals surface area contributed by atoms with Crippen LogP contribution in [0, 0.1) is 0 Å². The van der Waals surface area contributed by atoms with Crippen molar-refractivity contribution in [1.29, 1.82) is 0 Å². The van der Waals surface area contributed by atoms with Gasteiger partial charge in [0.15, 0.2) is 0 Å². The van der Waals surface area contributed by atoms with Crippen LogP contribution in [0.1, 0.15) is 17.3 Å². The van der Waals surface area contributed by atoms with Crippen LogP contribution in [0.25, 0.3) is 0 Å². The molecule has 0 saturated carbocycles. The van der Waals surface area contributed by atoms with E-state index < -0.39 is 5.97 Å². The van der Waals surface area contributed by atoms with Gasteiger partial charge in [-0.1, -0.05) is 12.1 Å². The van der Waals surface area contributed by atoms with Gasteiger partial charge in [0.1, 0.15) is 0 Å². The fourth-order valence-electron chi connectivity index (χ4n) is 1.55. The molecule has 0 aromatic heterocycles. The smallest absolute Gasteiger partial charge is 0.340 e. The van der Waals surface area contributed by atoms with Crippen molar-refractivity contribution in [3.63, 3.8) is 0 Å². The normalized spacial score (nSPS) is 10.1. The minimum atomic E-state index is -0.448. The van der Waals surface area contributed by atoms with Gasteiger partial charge in [0.2, 0.25) is 5.91 Å². The fraction of sp³-hybridized carbons (Fsp3) is 0.429. The van der Waals surface area contributed by atoms with E-state index in [1.807, 2.05) is 0 Å². The number of hydrogen-bond acceptors (Lipinski definition) is 5. The number of carbonyl (C=O) groups is 2. The third kappa shape index (κ3) is 5.38. The maximum atomic E-state index is 11.7. The zero-order valence-electron chi connectivity index (χ0n) is 11.8. The Morgan fingerprint density at radius 1 is 1.25 bits per heavy atom. The Morgan fingerprint density at radius 3 is 2.70 bits per heavy atom. The van der Waals surface area contributed by atoms with Gasteiger partial charge in [-0.25, -0.2) is 4.79 Å². The third-order valence-electron chi connectivity index (χ3n) is 2.47. The van der Waals surface area contributed by atoms with E-state index >= 15 is 0 Å². The molecule has 110 valence electrons. The Morgan fingerprint density at radius 2 is 2.00 bits per heavy atom. The van der Waals surface area contributed by atoms with Gasteiger partial charge in [-0.05, 0) is 19.1 Å². The van der Waals surface area contributed by atoms with Gasteiger partial charge in [0.25, 0.3) is 0 Å². The minimum Gasteiger partial charge on any atom is -0.462 e. The van der Waals surface area contributed by atoms with E-state index in [-0.39, 0.29) is 12.5 Å². The number of nitrogens with one attached hydrogen (secondary N) is 2. The molecule has 0 radical (unpaired) electrons. The van der Waals surface area contributed by atoms with Crippen LogP contribution in [0.2, 0.25) is 0 Å². The summed E-state index contributed by atoms with van der Waals surface area (Å²) in [7, 11) is 1.59. The average molecular weight is 280 g/mol. The third-order valence-corrected chi connectivity index (χ3v) is 2.47. The second-order valence-electron chi connectivity index (χ2n) is 3.98. The number of amides is 1. The van der Waals surface area contributed by atoms with E-state index in [0.717, 1.165) is 0 Å². The number of carbonyl (C=O) groups excluding carboxylic acids is 2. The summed E-state index contributed by atoms with van der Waals surface area (Å²) >= 11 is 0. The standard InChI is InChI=1S/C14H20N2O4/c1-3-20-14(18)11-6-4-5-7-12(11)16-13(17)10-15-8-9-19-2/h4-7,15H,3,8-10H2,1-2H3,(H,16,17). The molecule has 0 heterocycles. The zero-order valence-corrected chi connectivity index (χ0v) is 11.8. The van der Waals surface area contributed by atoms with Crippen molar-refractivity contribution >= 4 is 17.6 Å². The molecule has 1 aromatic rings. The number of benzene rings is 1. The summed E-state index contributed by atoms with van der Waals surface area (Å²) in [4.78, 5) is 23.5. The molecule has 6 nitrogen and oxygen atoms in total. The van der Waals surface area contributed by atoms with Crippen molar-refractivity contribution in [3.05, 3.63) is 29.8 Å². The largest absolute Gasteiger partial charge is 0.462 e. The van der Waals surface area contributed by atoms with Crippen LogP contribution in [-0.4, -0.2) is 45.3 Å². The Balaban J connectivity index is 2.58. The number of hydrogen-bond donors (Lipinski definition) is 2. The lowest BCUT2D eigenvalue weighted by Crippen LogP contribution is -2.30. The van der Waals surface area contributed by atoms with E-state index in [1.54, 1.807) is 38.3 Å². The van der Waals surface area contributed by atoms with Crippen LogP contribution >= 0.6 is 0 Å². The molecule has 0 aliphatic heterocycles. The molecule has 0 bridgehead atoms. The summed E-state index contributed by atoms with van der Waals surface area (Å²) < 4.78 is 9.80. The quantitative estimate of drug-likeness (QED) is 0.549. The van der Waals surface area contributed by atoms with E-state index in [9.17, 15) is 9.59 Å². The second kappa shape index (κ2) is 9.06. The minimum absolute atomic E-state index is 0.153. The highest BCUT2D eigenvalue weighted by Gasteiger charge is 2.13. The van der Waals surface area contributed by atoms with E-state index in [1.165, 1.54) is 0 Å². The van der Waals surface area contributed by atoms with Crippen LogP contribution in [-0.2, 0) is 14.3 Å². The van der Waals surface area contributed by atoms with Gasteiger partial charge in [-0.15, -0.1) is 0 Å². The predicted molar refractivity (Wildman–Crippen MR) is 75.8 cm³/mol. The highest BCUT2D eigenvalue weighted by molar-refractivity contribution is 6.01. The highest BCUT2D eigenvalue weighted by atomic mass is 16.5. The summed E-state index contributed by atoms with van der Waals surface area (Å²) in [6.45, 7) is 3.30. The summed E-state index contributed by atoms with van der Waals surface area (Å²) in [6.07, 6.45) is 0. The summed E-state index contributed by atoms with van der Waals surface area (Å²) in [6, 6.07) is 6.75. The molecule has 1 amide bonds. The number of para-hydroxylation sites is 1. The second-order valence-corrected chi connectivity index (χ2v) is 3.98. The number of rotatable bonds is 8. The summed E-state index contributed by atoms with van der Waals surface area (Å²) in [5, 5.41) is 5.61. The Labute approximate surface area is 118 Å². The highest BCUT2D eigenvalue weighted by Crippen LogP contribution is 2.15. The van der Waals surface area contributed by atoms with Crippen molar-refractivity contribution in [2.24, 2.45) is 0 Å². The van der Waals surface area contributed by atoms with Gasteiger partial charge >= 0.3 is 5.97 Å². The van der Waals surface area contributed by atoms with Gasteiger partial charge in [0.05, 0.1) is 31.0 Å². The van der Waals surface area contributed by atoms with E-state index in [2.05, 4.69) is 10.6 Å². The topological polar surface area (TPSA) is 76.7 Å².